The van der Waals surface area contributed by atoms with E-state index in [-0.39, 0.29) is 17.9 Å². The van der Waals surface area contributed by atoms with Crippen molar-refractivity contribution in [1.29, 1.82) is 0 Å². The molecule has 0 bridgehead atoms. The largest absolute Gasteiger partial charge is 0.384 e. The first-order valence-electron chi connectivity index (χ1n) is 5.77. The van der Waals surface area contributed by atoms with E-state index >= 15 is 0 Å². The zero-order chi connectivity index (χ0) is 13.8. The van der Waals surface area contributed by atoms with Gasteiger partial charge in [-0.3, -0.25) is 4.79 Å². The lowest BCUT2D eigenvalue weighted by Crippen LogP contribution is -2.35. The summed E-state index contributed by atoms with van der Waals surface area (Å²) in [5.41, 5.74) is 0.534. The molecule has 98 valence electrons. The third-order valence-electron chi connectivity index (χ3n) is 2.35. The van der Waals surface area contributed by atoms with Crippen molar-refractivity contribution in [2.45, 2.75) is 27.3 Å². The van der Waals surface area contributed by atoms with E-state index < -0.39 is 0 Å². The lowest BCUT2D eigenvalue weighted by atomic mass is 9.95. The number of carbonyl (C=O) groups is 1. The van der Waals surface area contributed by atoms with Gasteiger partial charge in [0.25, 0.3) is 0 Å². The smallest absolute Gasteiger partial charge is 0.228 e. The first kappa shape index (κ1) is 14.7. The van der Waals surface area contributed by atoms with Crippen LogP contribution in [0.5, 0.6) is 0 Å². The van der Waals surface area contributed by atoms with Crippen molar-refractivity contribution in [3.05, 3.63) is 21.9 Å². The number of aliphatic hydroxyl groups excluding tert-OH is 1. The molecule has 0 aliphatic carbocycles. The van der Waals surface area contributed by atoms with E-state index in [1.807, 2.05) is 39.3 Å². The van der Waals surface area contributed by atoms with Crippen molar-refractivity contribution in [1.82, 2.24) is 4.90 Å². The maximum absolute atomic E-state index is 12.0. The fraction of sp³-hybridized carbons (Fsp3) is 0.500. The van der Waals surface area contributed by atoms with E-state index in [4.69, 9.17) is 5.11 Å². The minimum Gasteiger partial charge on any atom is -0.384 e. The van der Waals surface area contributed by atoms with Crippen LogP contribution in [0.25, 0.3) is 0 Å². The van der Waals surface area contributed by atoms with Crippen LogP contribution in [0, 0.1) is 17.3 Å². The molecule has 0 saturated carbocycles. The van der Waals surface area contributed by atoms with Crippen molar-refractivity contribution in [3.8, 4) is 11.8 Å². The van der Waals surface area contributed by atoms with Gasteiger partial charge >= 0.3 is 0 Å². The van der Waals surface area contributed by atoms with E-state index in [1.54, 1.807) is 16.2 Å². The molecule has 0 aliphatic rings. The molecule has 0 saturated heterocycles. The van der Waals surface area contributed by atoms with E-state index in [9.17, 15) is 4.79 Å². The summed E-state index contributed by atoms with van der Waals surface area (Å²) in [5, 5.41) is 10.6. The Balaban J connectivity index is 2.68. The Morgan fingerprint density at radius 3 is 2.72 bits per heavy atom. The number of nitrogens with zero attached hydrogens (tertiary/aromatic N) is 1. The van der Waals surface area contributed by atoms with Crippen LogP contribution >= 0.6 is 11.3 Å². The van der Waals surface area contributed by atoms with Gasteiger partial charge in [0.05, 0.1) is 6.54 Å². The van der Waals surface area contributed by atoms with Gasteiger partial charge in [-0.25, -0.2) is 0 Å². The quantitative estimate of drug-likeness (QED) is 0.832. The molecule has 3 nitrogen and oxygen atoms in total. The van der Waals surface area contributed by atoms with Crippen LogP contribution in [-0.4, -0.2) is 29.6 Å². The second-order valence-electron chi connectivity index (χ2n) is 5.17. The van der Waals surface area contributed by atoms with Gasteiger partial charge in [-0.2, -0.15) is 0 Å². The van der Waals surface area contributed by atoms with Crippen LogP contribution in [0.3, 0.4) is 0 Å². The Bertz CT molecular complexity index is 474. The highest BCUT2D eigenvalue weighted by atomic mass is 32.1. The maximum Gasteiger partial charge on any atom is 0.228 e. The highest BCUT2D eigenvalue weighted by molar-refractivity contribution is 7.10. The van der Waals surface area contributed by atoms with E-state index in [0.29, 0.717) is 6.54 Å². The normalized spacial score (nSPS) is 10.7. The van der Waals surface area contributed by atoms with E-state index in [1.165, 1.54) is 0 Å². The number of rotatable bonds is 2. The van der Waals surface area contributed by atoms with Gasteiger partial charge in [0.2, 0.25) is 5.91 Å². The van der Waals surface area contributed by atoms with Crippen LogP contribution in [0.1, 0.15) is 31.2 Å². The lowest BCUT2D eigenvalue weighted by Gasteiger charge is -2.25. The summed E-state index contributed by atoms with van der Waals surface area (Å²) in [7, 11) is 1.81. The summed E-state index contributed by atoms with van der Waals surface area (Å²) in [4.78, 5) is 14.8. The number of hydrogen-bond donors (Lipinski definition) is 1. The Labute approximate surface area is 112 Å². The highest BCUT2D eigenvalue weighted by Gasteiger charge is 2.25. The monoisotopic (exact) mass is 265 g/mol. The molecule has 1 N–H and O–H groups in total. The number of amides is 1. The van der Waals surface area contributed by atoms with Gasteiger partial charge in [0.15, 0.2) is 0 Å². The molecule has 0 radical (unpaired) electrons. The summed E-state index contributed by atoms with van der Waals surface area (Å²) in [6.45, 7) is 6.21. The minimum atomic E-state index is -0.356. The molecular weight excluding hydrogens is 246 g/mol. The van der Waals surface area contributed by atoms with Crippen molar-refractivity contribution in [2.75, 3.05) is 13.7 Å². The molecule has 0 fully saturated rings. The second kappa shape index (κ2) is 6.03. The fourth-order valence-corrected chi connectivity index (χ4v) is 2.42. The summed E-state index contributed by atoms with van der Waals surface area (Å²) in [6.07, 6.45) is 0. The highest BCUT2D eigenvalue weighted by Crippen LogP contribution is 2.20. The van der Waals surface area contributed by atoms with E-state index in [2.05, 4.69) is 11.8 Å². The molecular formula is C14H19NO2S. The summed E-state index contributed by atoms with van der Waals surface area (Å²) in [5.74, 6) is 5.59. The Morgan fingerprint density at radius 1 is 1.50 bits per heavy atom. The minimum absolute atomic E-state index is 0.124. The Morgan fingerprint density at radius 2 is 2.17 bits per heavy atom. The molecule has 1 aromatic rings. The van der Waals surface area contributed by atoms with Crippen LogP contribution in [0.2, 0.25) is 0 Å². The van der Waals surface area contributed by atoms with Gasteiger partial charge in [0, 0.05) is 28.3 Å². The SMILES string of the molecule is CN(Cc1cc(C#CCO)cs1)C(=O)C(C)(C)C. The van der Waals surface area contributed by atoms with Crippen molar-refractivity contribution < 1.29 is 9.90 Å². The fourth-order valence-electron chi connectivity index (χ4n) is 1.55. The molecule has 18 heavy (non-hydrogen) atoms. The average Bonchev–Trinajstić information content (AvgIpc) is 2.71. The van der Waals surface area contributed by atoms with E-state index in [0.717, 1.165) is 10.4 Å². The van der Waals surface area contributed by atoms with Gasteiger partial charge in [0.1, 0.15) is 6.61 Å². The van der Waals surface area contributed by atoms with Crippen molar-refractivity contribution in [2.24, 2.45) is 5.41 Å². The number of hydrogen-bond acceptors (Lipinski definition) is 3. The van der Waals surface area contributed by atoms with Crippen molar-refractivity contribution in [3.63, 3.8) is 0 Å². The molecule has 0 aromatic carbocycles. The molecule has 0 unspecified atom stereocenters. The molecule has 0 spiro atoms. The van der Waals surface area contributed by atoms with Crippen LogP contribution < -0.4 is 0 Å². The zero-order valence-corrected chi connectivity index (χ0v) is 12.1. The third-order valence-corrected chi connectivity index (χ3v) is 3.27. The maximum atomic E-state index is 12.0. The van der Waals surface area contributed by atoms with Crippen molar-refractivity contribution >= 4 is 17.2 Å². The predicted molar refractivity (Wildman–Crippen MR) is 74.2 cm³/mol. The Kier molecular flexibility index (Phi) is 4.94. The van der Waals surface area contributed by atoms with Gasteiger partial charge in [-0.15, -0.1) is 11.3 Å². The number of aliphatic hydroxyl groups is 1. The molecule has 1 heterocycles. The summed E-state index contributed by atoms with van der Waals surface area (Å²) >= 11 is 1.58. The molecule has 0 aliphatic heterocycles. The van der Waals surface area contributed by atoms with Crippen LogP contribution in [0.4, 0.5) is 0 Å². The van der Waals surface area contributed by atoms with Crippen LogP contribution in [0.15, 0.2) is 11.4 Å². The first-order chi connectivity index (χ1) is 8.34. The first-order valence-corrected chi connectivity index (χ1v) is 6.65. The second-order valence-corrected chi connectivity index (χ2v) is 6.17. The third kappa shape index (κ3) is 4.17. The summed E-state index contributed by atoms with van der Waals surface area (Å²) in [6, 6.07) is 1.96. The topological polar surface area (TPSA) is 40.5 Å². The number of thiophene rings is 1. The standard InChI is InChI=1S/C14H19NO2S/c1-14(2,3)13(17)15(4)9-12-8-11(10-18-12)6-5-7-16/h8,10,16H,7,9H2,1-4H3. The lowest BCUT2D eigenvalue weighted by molar-refractivity contribution is -0.138. The van der Waals surface area contributed by atoms with Gasteiger partial charge in [-0.1, -0.05) is 32.6 Å². The molecule has 1 amide bonds. The van der Waals surface area contributed by atoms with Crippen LogP contribution in [-0.2, 0) is 11.3 Å². The molecule has 0 atom stereocenters. The molecule has 1 aromatic heterocycles. The molecule has 4 heteroatoms. The summed E-state index contributed by atoms with van der Waals surface area (Å²) < 4.78 is 0. The number of carbonyl (C=O) groups excluding carboxylic acids is 1. The average molecular weight is 265 g/mol. The zero-order valence-electron chi connectivity index (χ0n) is 11.3. The predicted octanol–water partition coefficient (Wildman–Crippen LogP) is 2.10. The molecule has 1 rings (SSSR count). The Hall–Kier alpha value is -1.31. The van der Waals surface area contributed by atoms with Gasteiger partial charge in [-0.05, 0) is 6.07 Å². The van der Waals surface area contributed by atoms with Gasteiger partial charge < -0.3 is 10.0 Å².